The predicted molar refractivity (Wildman–Crippen MR) is 92.5 cm³/mol. The van der Waals surface area contributed by atoms with Crippen molar-refractivity contribution in [2.45, 2.75) is 12.8 Å². The largest absolute Gasteiger partial charge is 0.481 e. The zero-order valence-corrected chi connectivity index (χ0v) is 14.0. The van der Waals surface area contributed by atoms with Crippen LogP contribution in [0.4, 0.5) is 4.39 Å². The van der Waals surface area contributed by atoms with Gasteiger partial charge < -0.3 is 10.0 Å². The van der Waals surface area contributed by atoms with E-state index in [1.165, 1.54) is 24.3 Å². The van der Waals surface area contributed by atoms with Gasteiger partial charge in [0.05, 0.1) is 11.5 Å². The maximum absolute atomic E-state index is 13.1. The second-order valence-electron chi connectivity index (χ2n) is 6.29. The number of aliphatic carboxylic acids is 1. The highest BCUT2D eigenvalue weighted by molar-refractivity contribution is 6.15. The van der Waals surface area contributed by atoms with Crippen molar-refractivity contribution in [2.24, 2.45) is 5.92 Å². The molecule has 3 rings (SSSR count). The van der Waals surface area contributed by atoms with Gasteiger partial charge >= 0.3 is 5.97 Å². The summed E-state index contributed by atoms with van der Waals surface area (Å²) < 4.78 is 13.1. The van der Waals surface area contributed by atoms with Crippen LogP contribution in [0.2, 0.25) is 0 Å². The maximum Gasteiger partial charge on any atom is 0.306 e. The van der Waals surface area contributed by atoms with Gasteiger partial charge in [0, 0.05) is 24.2 Å². The van der Waals surface area contributed by atoms with Gasteiger partial charge in [-0.05, 0) is 43.2 Å². The summed E-state index contributed by atoms with van der Waals surface area (Å²) in [5, 5.41) is 9.07. The molecular weight excluding hydrogens is 337 g/mol. The quantitative estimate of drug-likeness (QED) is 0.856. The van der Waals surface area contributed by atoms with Gasteiger partial charge in [0.1, 0.15) is 5.82 Å². The molecule has 6 heteroatoms. The lowest BCUT2D eigenvalue weighted by molar-refractivity contribution is -0.143. The van der Waals surface area contributed by atoms with Crippen LogP contribution in [0.25, 0.3) is 0 Å². The van der Waals surface area contributed by atoms with Gasteiger partial charge in [-0.1, -0.05) is 18.2 Å². The number of benzene rings is 2. The van der Waals surface area contributed by atoms with Crippen LogP contribution in [0.1, 0.15) is 39.1 Å². The fourth-order valence-corrected chi connectivity index (χ4v) is 3.12. The van der Waals surface area contributed by atoms with Gasteiger partial charge in [-0.15, -0.1) is 0 Å². The van der Waals surface area contributed by atoms with E-state index in [0.29, 0.717) is 31.5 Å². The zero-order chi connectivity index (χ0) is 18.7. The summed E-state index contributed by atoms with van der Waals surface area (Å²) in [4.78, 5) is 38.2. The summed E-state index contributed by atoms with van der Waals surface area (Å²) in [7, 11) is 0. The Kier molecular flexibility index (Phi) is 5.11. The van der Waals surface area contributed by atoms with Crippen molar-refractivity contribution >= 4 is 17.7 Å². The number of carbonyl (C=O) groups excluding carboxylic acids is 2. The molecule has 0 saturated carbocycles. The third-order valence-electron chi connectivity index (χ3n) is 4.64. The van der Waals surface area contributed by atoms with Crippen molar-refractivity contribution in [1.82, 2.24) is 4.90 Å². The van der Waals surface area contributed by atoms with E-state index in [4.69, 9.17) is 5.11 Å². The molecule has 2 aromatic rings. The van der Waals surface area contributed by atoms with Crippen LogP contribution in [-0.2, 0) is 4.79 Å². The van der Waals surface area contributed by atoms with E-state index in [-0.39, 0.29) is 22.8 Å². The average Bonchev–Trinajstić information content (AvgIpc) is 2.67. The van der Waals surface area contributed by atoms with E-state index in [1.54, 1.807) is 29.2 Å². The molecule has 1 aliphatic heterocycles. The molecule has 0 aliphatic carbocycles. The number of carboxylic acids is 1. The summed E-state index contributed by atoms with van der Waals surface area (Å²) >= 11 is 0. The highest BCUT2D eigenvalue weighted by Gasteiger charge is 2.29. The van der Waals surface area contributed by atoms with E-state index >= 15 is 0 Å². The number of halogens is 1. The summed E-state index contributed by atoms with van der Waals surface area (Å²) in [5.74, 6) is -2.36. The van der Waals surface area contributed by atoms with Crippen molar-refractivity contribution in [2.75, 3.05) is 13.1 Å². The molecule has 1 heterocycles. The molecule has 1 amide bonds. The Balaban J connectivity index is 1.83. The minimum atomic E-state index is -0.844. The van der Waals surface area contributed by atoms with Crippen LogP contribution in [0, 0.1) is 11.7 Å². The normalized spacial score (nSPS) is 14.9. The number of amides is 1. The molecular formula is C20H18FNO4. The fourth-order valence-electron chi connectivity index (χ4n) is 3.12. The molecule has 0 aromatic heterocycles. The van der Waals surface area contributed by atoms with Gasteiger partial charge in [-0.3, -0.25) is 14.4 Å². The first kappa shape index (κ1) is 17.8. The van der Waals surface area contributed by atoms with Crippen LogP contribution in [0.15, 0.2) is 48.5 Å². The van der Waals surface area contributed by atoms with Gasteiger partial charge in [0.25, 0.3) is 5.91 Å². The Morgan fingerprint density at radius 3 is 2.08 bits per heavy atom. The zero-order valence-electron chi connectivity index (χ0n) is 14.0. The second-order valence-corrected chi connectivity index (χ2v) is 6.29. The number of carboxylic acid groups (broad SMARTS) is 1. The van der Waals surface area contributed by atoms with Gasteiger partial charge in [0.15, 0.2) is 5.78 Å². The van der Waals surface area contributed by atoms with Gasteiger partial charge in [0.2, 0.25) is 0 Å². The molecule has 26 heavy (non-hydrogen) atoms. The molecule has 1 aliphatic rings. The Hall–Kier alpha value is -3.02. The van der Waals surface area contributed by atoms with E-state index < -0.39 is 17.7 Å². The van der Waals surface area contributed by atoms with Crippen molar-refractivity contribution in [3.05, 3.63) is 71.0 Å². The van der Waals surface area contributed by atoms with Crippen molar-refractivity contribution in [1.29, 1.82) is 0 Å². The van der Waals surface area contributed by atoms with E-state index in [2.05, 4.69) is 0 Å². The first-order chi connectivity index (χ1) is 12.5. The van der Waals surface area contributed by atoms with Crippen LogP contribution < -0.4 is 0 Å². The fraction of sp³-hybridized carbons (Fsp3) is 0.250. The molecule has 0 atom stereocenters. The lowest BCUT2D eigenvalue weighted by atomic mass is 9.94. The number of piperidine rings is 1. The molecule has 5 nitrogen and oxygen atoms in total. The monoisotopic (exact) mass is 355 g/mol. The molecule has 0 spiro atoms. The van der Waals surface area contributed by atoms with Gasteiger partial charge in [-0.25, -0.2) is 4.39 Å². The second kappa shape index (κ2) is 7.47. The third-order valence-corrected chi connectivity index (χ3v) is 4.64. The van der Waals surface area contributed by atoms with Crippen LogP contribution in [-0.4, -0.2) is 40.8 Å². The van der Waals surface area contributed by atoms with E-state index in [1.807, 2.05) is 0 Å². The lowest BCUT2D eigenvalue weighted by Crippen LogP contribution is -2.40. The van der Waals surface area contributed by atoms with E-state index in [9.17, 15) is 18.8 Å². The Morgan fingerprint density at radius 1 is 0.923 bits per heavy atom. The van der Waals surface area contributed by atoms with Crippen LogP contribution in [0.5, 0.6) is 0 Å². The summed E-state index contributed by atoms with van der Waals surface area (Å²) in [5.41, 5.74) is 0.830. The minimum absolute atomic E-state index is 0.254. The van der Waals surface area contributed by atoms with Gasteiger partial charge in [-0.2, -0.15) is 0 Å². The smallest absolute Gasteiger partial charge is 0.306 e. The third kappa shape index (κ3) is 3.64. The predicted octanol–water partition coefficient (Wildman–Crippen LogP) is 2.99. The topological polar surface area (TPSA) is 74.7 Å². The Labute approximate surface area is 150 Å². The first-order valence-electron chi connectivity index (χ1n) is 8.38. The number of likely N-dealkylation sites (tertiary alicyclic amines) is 1. The van der Waals surface area contributed by atoms with Crippen molar-refractivity contribution in [3.8, 4) is 0 Å². The summed E-state index contributed by atoms with van der Waals surface area (Å²) in [6.45, 7) is 0.684. The number of ketones is 1. The Bertz CT molecular complexity index is 839. The molecule has 0 radical (unpaired) electrons. The maximum atomic E-state index is 13.1. The molecule has 2 aromatic carbocycles. The van der Waals surface area contributed by atoms with E-state index in [0.717, 1.165) is 0 Å². The lowest BCUT2D eigenvalue weighted by Gasteiger charge is -2.30. The minimum Gasteiger partial charge on any atom is -0.481 e. The average molecular weight is 355 g/mol. The molecule has 1 N–H and O–H groups in total. The number of hydrogen-bond acceptors (Lipinski definition) is 3. The number of nitrogens with zero attached hydrogens (tertiary/aromatic N) is 1. The van der Waals surface area contributed by atoms with Crippen LogP contribution >= 0.6 is 0 Å². The van der Waals surface area contributed by atoms with Crippen LogP contribution in [0.3, 0.4) is 0 Å². The summed E-state index contributed by atoms with van der Waals surface area (Å²) in [6, 6.07) is 11.7. The highest BCUT2D eigenvalue weighted by Crippen LogP contribution is 2.22. The van der Waals surface area contributed by atoms with Crippen molar-refractivity contribution in [3.63, 3.8) is 0 Å². The first-order valence-corrected chi connectivity index (χ1v) is 8.38. The molecule has 0 unspecified atom stereocenters. The Morgan fingerprint density at radius 2 is 1.50 bits per heavy atom. The highest BCUT2D eigenvalue weighted by atomic mass is 19.1. The number of rotatable bonds is 4. The molecule has 1 saturated heterocycles. The molecule has 0 bridgehead atoms. The molecule has 134 valence electrons. The van der Waals surface area contributed by atoms with Crippen molar-refractivity contribution < 1.29 is 23.9 Å². The SMILES string of the molecule is O=C(c1ccc(F)cc1)c1ccccc1C(=O)N1CCC(C(=O)O)CC1. The number of hydrogen-bond donors (Lipinski definition) is 1. The standard InChI is InChI=1S/C20H18FNO4/c21-15-7-5-13(6-8-15)18(23)16-3-1-2-4-17(16)19(24)22-11-9-14(10-12-22)20(25)26/h1-8,14H,9-12H2,(H,25,26). The number of carbonyl (C=O) groups is 3. The summed E-state index contributed by atoms with van der Waals surface area (Å²) in [6.07, 6.45) is 0.796. The molecule has 1 fully saturated rings.